The largest absolute Gasteiger partial charge is 0.393 e. The van der Waals surface area contributed by atoms with Crippen LogP contribution in [0.1, 0.15) is 98.3 Å². The summed E-state index contributed by atoms with van der Waals surface area (Å²) >= 11 is 0. The lowest BCUT2D eigenvalue weighted by atomic mass is 9.44. The van der Waals surface area contributed by atoms with Crippen LogP contribution in [0.3, 0.4) is 0 Å². The molecule has 164 valence electrons. The van der Waals surface area contributed by atoms with Gasteiger partial charge in [0.25, 0.3) is 0 Å². The number of aliphatic hydroxyl groups excluding tert-OH is 1. The van der Waals surface area contributed by atoms with E-state index in [1.54, 1.807) is 0 Å². The van der Waals surface area contributed by atoms with Gasteiger partial charge in [-0.2, -0.15) is 0 Å². The standard InChI is InChI=1S/C28H46O/c1-18(2)19(3)7-8-20(4)24-11-12-25-23-10-9-21-17-22(29)13-15-27(21,5)26(23)14-16-28(24,25)6/h20-26,29H,1,3,7-17H2,2,4-6H3/t20-,21+,22+,23+,24-,25+,26+,27+,28-/m1/s1. The molecule has 0 aromatic carbocycles. The SMILES string of the molecule is C=C(C)C(=C)CC[C@@H](C)[C@H]1CC[C@H]2[C@@H]3CC[C@H]4C[C@@H](O)CC[C@]4(C)[C@H]3CC[C@]12C. The van der Waals surface area contributed by atoms with E-state index in [9.17, 15) is 5.11 Å². The van der Waals surface area contributed by atoms with Gasteiger partial charge in [0.05, 0.1) is 6.10 Å². The maximum atomic E-state index is 10.3. The van der Waals surface area contributed by atoms with Crippen molar-refractivity contribution in [3.05, 3.63) is 24.3 Å². The van der Waals surface area contributed by atoms with Gasteiger partial charge in [0.1, 0.15) is 0 Å². The smallest absolute Gasteiger partial charge is 0.0543 e. The fraction of sp³-hybridized carbons (Fsp3) is 0.857. The number of hydrogen-bond acceptors (Lipinski definition) is 1. The third-order valence-corrected chi connectivity index (χ3v) is 10.9. The minimum atomic E-state index is -0.0239. The lowest BCUT2D eigenvalue weighted by molar-refractivity contribution is -0.129. The van der Waals surface area contributed by atoms with Crippen molar-refractivity contribution < 1.29 is 5.11 Å². The third kappa shape index (κ3) is 3.58. The maximum Gasteiger partial charge on any atom is 0.0543 e. The molecule has 0 aromatic rings. The summed E-state index contributed by atoms with van der Waals surface area (Å²) in [5, 5.41) is 10.3. The Hall–Kier alpha value is -0.560. The van der Waals surface area contributed by atoms with Crippen LogP contribution < -0.4 is 0 Å². The molecule has 1 nitrogen and oxygen atoms in total. The molecule has 4 aliphatic carbocycles. The molecule has 0 aliphatic heterocycles. The quantitative estimate of drug-likeness (QED) is 0.474. The summed E-state index contributed by atoms with van der Waals surface area (Å²) in [6.45, 7) is 18.2. The Balaban J connectivity index is 1.47. The molecule has 4 aliphatic rings. The van der Waals surface area contributed by atoms with Crippen LogP contribution in [0.2, 0.25) is 0 Å². The maximum absolute atomic E-state index is 10.3. The Kier molecular flexibility index (Phi) is 5.86. The van der Waals surface area contributed by atoms with Crippen molar-refractivity contribution in [2.75, 3.05) is 0 Å². The molecule has 0 spiro atoms. The Labute approximate surface area is 180 Å². The summed E-state index contributed by atoms with van der Waals surface area (Å²) in [7, 11) is 0. The molecular formula is C28H46O. The molecule has 0 amide bonds. The van der Waals surface area contributed by atoms with Crippen molar-refractivity contribution in [1.82, 2.24) is 0 Å². The summed E-state index contributed by atoms with van der Waals surface area (Å²) in [5.74, 6) is 5.29. The third-order valence-electron chi connectivity index (χ3n) is 10.9. The van der Waals surface area contributed by atoms with Gasteiger partial charge in [-0.15, -0.1) is 0 Å². The predicted molar refractivity (Wildman–Crippen MR) is 124 cm³/mol. The molecule has 0 radical (unpaired) electrons. The van der Waals surface area contributed by atoms with E-state index < -0.39 is 0 Å². The average molecular weight is 399 g/mol. The Morgan fingerprint density at radius 3 is 2.38 bits per heavy atom. The van der Waals surface area contributed by atoms with Crippen LogP contribution in [-0.2, 0) is 0 Å². The zero-order chi connectivity index (χ0) is 21.0. The van der Waals surface area contributed by atoms with Gasteiger partial charge in [0, 0.05) is 0 Å². The van der Waals surface area contributed by atoms with Crippen LogP contribution in [0.15, 0.2) is 24.3 Å². The summed E-state index contributed by atoms with van der Waals surface area (Å²) in [4.78, 5) is 0. The summed E-state index contributed by atoms with van der Waals surface area (Å²) in [6, 6.07) is 0. The van der Waals surface area contributed by atoms with Crippen LogP contribution in [-0.4, -0.2) is 11.2 Å². The van der Waals surface area contributed by atoms with Gasteiger partial charge in [-0.3, -0.25) is 0 Å². The Bertz CT molecular complexity index is 649. The van der Waals surface area contributed by atoms with Crippen molar-refractivity contribution >= 4 is 0 Å². The summed E-state index contributed by atoms with van der Waals surface area (Å²) in [5.41, 5.74) is 3.48. The van der Waals surface area contributed by atoms with E-state index in [1.807, 2.05) is 0 Å². The molecule has 4 fully saturated rings. The molecule has 9 atom stereocenters. The van der Waals surface area contributed by atoms with Crippen molar-refractivity contribution in [1.29, 1.82) is 0 Å². The highest BCUT2D eigenvalue weighted by Gasteiger charge is 2.60. The fourth-order valence-electron chi connectivity index (χ4n) is 9.03. The minimum Gasteiger partial charge on any atom is -0.393 e. The van der Waals surface area contributed by atoms with Gasteiger partial charge in [-0.1, -0.05) is 45.1 Å². The number of hydrogen-bond donors (Lipinski definition) is 1. The van der Waals surface area contributed by atoms with Gasteiger partial charge < -0.3 is 5.11 Å². The molecule has 0 saturated heterocycles. The topological polar surface area (TPSA) is 20.2 Å². The normalized spacial score (nSPS) is 47.6. The fourth-order valence-corrected chi connectivity index (χ4v) is 9.03. The molecule has 29 heavy (non-hydrogen) atoms. The molecular weight excluding hydrogens is 352 g/mol. The van der Waals surface area contributed by atoms with E-state index in [0.29, 0.717) is 10.8 Å². The van der Waals surface area contributed by atoms with Crippen LogP contribution >= 0.6 is 0 Å². The average Bonchev–Trinajstić information content (AvgIpc) is 3.03. The zero-order valence-corrected chi connectivity index (χ0v) is 19.7. The molecule has 4 saturated carbocycles. The van der Waals surface area contributed by atoms with Gasteiger partial charge in [0.15, 0.2) is 0 Å². The van der Waals surface area contributed by atoms with Crippen LogP contribution in [0.25, 0.3) is 0 Å². The van der Waals surface area contributed by atoms with Crippen molar-refractivity contribution in [3.8, 4) is 0 Å². The van der Waals surface area contributed by atoms with Crippen molar-refractivity contribution in [2.24, 2.45) is 46.3 Å². The molecule has 0 bridgehead atoms. The minimum absolute atomic E-state index is 0.0239. The van der Waals surface area contributed by atoms with Crippen molar-refractivity contribution in [3.63, 3.8) is 0 Å². The van der Waals surface area contributed by atoms with E-state index in [1.165, 1.54) is 56.9 Å². The highest BCUT2D eigenvalue weighted by molar-refractivity contribution is 5.22. The second kappa shape index (κ2) is 7.85. The van der Waals surface area contributed by atoms with E-state index in [2.05, 4.69) is 40.9 Å². The lowest BCUT2D eigenvalue weighted by Crippen LogP contribution is -2.54. The highest BCUT2D eigenvalue weighted by Crippen LogP contribution is 2.68. The Morgan fingerprint density at radius 1 is 0.966 bits per heavy atom. The zero-order valence-electron chi connectivity index (χ0n) is 19.7. The number of allylic oxidation sites excluding steroid dienone is 2. The second-order valence-electron chi connectivity index (χ2n) is 12.2. The highest BCUT2D eigenvalue weighted by atomic mass is 16.3. The molecule has 0 heterocycles. The first-order valence-electron chi connectivity index (χ1n) is 12.7. The molecule has 4 rings (SSSR count). The van der Waals surface area contributed by atoms with Gasteiger partial charge in [-0.25, -0.2) is 0 Å². The van der Waals surface area contributed by atoms with E-state index in [4.69, 9.17) is 0 Å². The van der Waals surface area contributed by atoms with Crippen LogP contribution in [0.5, 0.6) is 0 Å². The van der Waals surface area contributed by atoms with Crippen LogP contribution in [0, 0.1) is 46.3 Å². The number of aliphatic hydroxyl groups is 1. The Morgan fingerprint density at radius 2 is 1.66 bits per heavy atom. The van der Waals surface area contributed by atoms with Crippen molar-refractivity contribution in [2.45, 2.75) is 104 Å². The molecule has 0 aromatic heterocycles. The van der Waals surface area contributed by atoms with Gasteiger partial charge >= 0.3 is 0 Å². The first-order chi connectivity index (χ1) is 13.7. The van der Waals surface area contributed by atoms with Crippen LogP contribution in [0.4, 0.5) is 0 Å². The number of fused-ring (bicyclic) bond motifs is 5. The van der Waals surface area contributed by atoms with Gasteiger partial charge in [0.2, 0.25) is 0 Å². The molecule has 1 heteroatoms. The monoisotopic (exact) mass is 398 g/mol. The first-order valence-corrected chi connectivity index (χ1v) is 12.7. The molecule has 1 N–H and O–H groups in total. The number of rotatable bonds is 5. The van der Waals surface area contributed by atoms with E-state index >= 15 is 0 Å². The van der Waals surface area contributed by atoms with Gasteiger partial charge in [-0.05, 0) is 124 Å². The summed E-state index contributed by atoms with van der Waals surface area (Å²) < 4.78 is 0. The summed E-state index contributed by atoms with van der Waals surface area (Å²) in [6.07, 6.45) is 14.4. The van der Waals surface area contributed by atoms with E-state index in [-0.39, 0.29) is 6.10 Å². The lowest BCUT2D eigenvalue weighted by Gasteiger charge is -2.61. The van der Waals surface area contributed by atoms with E-state index in [0.717, 1.165) is 60.3 Å². The predicted octanol–water partition coefficient (Wildman–Crippen LogP) is 7.55. The molecule has 0 unspecified atom stereocenters. The second-order valence-corrected chi connectivity index (χ2v) is 12.2. The first kappa shape index (κ1) is 21.7.